The van der Waals surface area contributed by atoms with E-state index in [9.17, 15) is 4.79 Å². The molecule has 11 heavy (non-hydrogen) atoms. The first kappa shape index (κ1) is 14.0. The Kier molecular flexibility index (Phi) is 16.5. The average Bonchev–Trinajstić information content (AvgIpc) is 1.97. The van der Waals surface area contributed by atoms with Crippen LogP contribution in [0.3, 0.4) is 0 Å². The minimum atomic E-state index is 0. The molecule has 0 rings (SSSR count). The number of unbranched alkanes of at least 4 members (excludes halogenated alkanes) is 6. The molecule has 2 heteroatoms. The Balaban J connectivity index is 0. The summed E-state index contributed by atoms with van der Waals surface area (Å²) in [6.45, 7) is 2.21. The van der Waals surface area contributed by atoms with Gasteiger partial charge < -0.3 is 4.79 Å². The van der Waals surface area contributed by atoms with E-state index >= 15 is 0 Å². The van der Waals surface area contributed by atoms with E-state index in [4.69, 9.17) is 0 Å². The van der Waals surface area contributed by atoms with E-state index < -0.39 is 0 Å². The summed E-state index contributed by atoms with van der Waals surface area (Å²) in [4.78, 5) is 9.89. The van der Waals surface area contributed by atoms with Gasteiger partial charge in [0.25, 0.3) is 0 Å². The van der Waals surface area contributed by atoms with Gasteiger partial charge in [0.15, 0.2) is 0 Å². The summed E-state index contributed by atoms with van der Waals surface area (Å²) in [6.07, 6.45) is 9.39. The number of rotatable bonds is 7. The van der Waals surface area contributed by atoms with Gasteiger partial charge in [-0.1, -0.05) is 39.0 Å². The molecule has 0 aliphatic rings. The summed E-state index contributed by atoms with van der Waals surface area (Å²) in [5, 5.41) is 0. The molecule has 1 nitrogen and oxygen atoms in total. The van der Waals surface area contributed by atoms with Crippen molar-refractivity contribution in [3.63, 3.8) is 0 Å². The van der Waals surface area contributed by atoms with Crippen molar-refractivity contribution in [2.75, 3.05) is 0 Å². The molecule has 0 spiro atoms. The molecule has 65 valence electrons. The van der Waals surface area contributed by atoms with Gasteiger partial charge in [-0.05, 0) is 6.42 Å². The van der Waals surface area contributed by atoms with E-state index in [0.29, 0.717) is 0 Å². The van der Waals surface area contributed by atoms with Gasteiger partial charge in [-0.15, -0.1) is 0 Å². The molecule has 0 aromatic rings. The van der Waals surface area contributed by atoms with Gasteiger partial charge in [-0.2, -0.15) is 0 Å². The number of hydrogen-bond donors (Lipinski definition) is 0. The maximum absolute atomic E-state index is 9.89. The number of carbonyl (C=O) groups excluding carboxylic acids is 1. The smallest absolute Gasteiger partial charge is 0.119 e. The van der Waals surface area contributed by atoms with E-state index in [1.165, 1.54) is 32.1 Å². The Morgan fingerprint density at radius 1 is 1.00 bits per heavy atom. The van der Waals surface area contributed by atoms with E-state index in [2.05, 4.69) is 6.92 Å². The zero-order valence-electron chi connectivity index (χ0n) is 7.38. The van der Waals surface area contributed by atoms with Crippen molar-refractivity contribution in [2.45, 2.75) is 51.9 Å². The van der Waals surface area contributed by atoms with E-state index in [1.807, 2.05) is 0 Å². The van der Waals surface area contributed by atoms with Crippen molar-refractivity contribution >= 4 is 6.29 Å². The Morgan fingerprint density at radius 3 is 2.09 bits per heavy atom. The first-order valence-electron chi connectivity index (χ1n) is 4.35. The molecule has 0 unspecified atom stereocenters. The van der Waals surface area contributed by atoms with Crippen LogP contribution in [0, 0.1) is 0 Å². The maximum atomic E-state index is 9.89. The molecule has 0 fully saturated rings. The predicted octanol–water partition coefficient (Wildman–Crippen LogP) is 2.93. The second-order valence-electron chi connectivity index (χ2n) is 2.72. The minimum absolute atomic E-state index is 0. The van der Waals surface area contributed by atoms with Crippen LogP contribution in [-0.2, 0) is 27.2 Å². The van der Waals surface area contributed by atoms with E-state index in [-0.39, 0.29) is 22.4 Å². The maximum Gasteiger partial charge on any atom is 0.119 e. The van der Waals surface area contributed by atoms with Crippen LogP contribution in [0.2, 0.25) is 0 Å². The second kappa shape index (κ2) is 13.0. The van der Waals surface area contributed by atoms with Crippen molar-refractivity contribution in [1.29, 1.82) is 0 Å². The average molecular weight is 323 g/mol. The minimum Gasteiger partial charge on any atom is -0.303 e. The fourth-order valence-corrected chi connectivity index (χ4v) is 1.01. The molecule has 0 aliphatic heterocycles. The number of hydrogen-bond acceptors (Lipinski definition) is 1. The quantitative estimate of drug-likeness (QED) is 0.520. The molecule has 1 radical (unpaired) electrons. The third-order valence-corrected chi connectivity index (χ3v) is 1.68. The van der Waals surface area contributed by atoms with Crippen LogP contribution in [0.5, 0.6) is 0 Å². The molecule has 0 aliphatic carbocycles. The SMILES string of the molecule is CCCCCCCCC=O.[Ta]. The van der Waals surface area contributed by atoms with E-state index in [1.54, 1.807) is 0 Å². The van der Waals surface area contributed by atoms with Crippen LogP contribution in [0.25, 0.3) is 0 Å². The predicted molar refractivity (Wildman–Crippen MR) is 44.1 cm³/mol. The number of carbonyl (C=O) groups is 1. The Bertz CT molecular complexity index is 74.0. The summed E-state index contributed by atoms with van der Waals surface area (Å²) in [5.41, 5.74) is 0. The molecule has 0 atom stereocenters. The summed E-state index contributed by atoms with van der Waals surface area (Å²) in [7, 11) is 0. The fourth-order valence-electron chi connectivity index (χ4n) is 1.01. The Labute approximate surface area is 85.5 Å². The molecule has 0 N–H and O–H groups in total. The van der Waals surface area contributed by atoms with Gasteiger partial charge in [0.2, 0.25) is 0 Å². The third kappa shape index (κ3) is 13.4. The zero-order valence-corrected chi connectivity index (χ0v) is 10.6. The van der Waals surface area contributed by atoms with Gasteiger partial charge in [-0.3, -0.25) is 0 Å². The van der Waals surface area contributed by atoms with Crippen molar-refractivity contribution in [3.8, 4) is 0 Å². The summed E-state index contributed by atoms with van der Waals surface area (Å²) >= 11 is 0. The van der Waals surface area contributed by atoms with Crippen molar-refractivity contribution in [3.05, 3.63) is 0 Å². The van der Waals surface area contributed by atoms with Crippen LogP contribution >= 0.6 is 0 Å². The van der Waals surface area contributed by atoms with Crippen LogP contribution in [0.1, 0.15) is 51.9 Å². The molecule has 0 bridgehead atoms. The molecule has 0 aromatic heterocycles. The van der Waals surface area contributed by atoms with Gasteiger partial charge >= 0.3 is 0 Å². The molecule has 0 saturated carbocycles. The van der Waals surface area contributed by atoms with E-state index in [0.717, 1.165) is 19.1 Å². The van der Waals surface area contributed by atoms with Crippen LogP contribution < -0.4 is 0 Å². The molecular weight excluding hydrogens is 305 g/mol. The Morgan fingerprint density at radius 2 is 1.55 bits per heavy atom. The fraction of sp³-hybridized carbons (Fsp3) is 0.889. The van der Waals surface area contributed by atoms with Crippen LogP contribution in [0.4, 0.5) is 0 Å². The molecule has 0 heterocycles. The van der Waals surface area contributed by atoms with Crippen LogP contribution in [-0.4, -0.2) is 6.29 Å². The summed E-state index contributed by atoms with van der Waals surface area (Å²) in [6, 6.07) is 0. The largest absolute Gasteiger partial charge is 0.303 e. The van der Waals surface area contributed by atoms with Gasteiger partial charge in [0.1, 0.15) is 6.29 Å². The van der Waals surface area contributed by atoms with Gasteiger partial charge in [0.05, 0.1) is 0 Å². The molecule has 0 saturated heterocycles. The third-order valence-electron chi connectivity index (χ3n) is 1.68. The van der Waals surface area contributed by atoms with Gasteiger partial charge in [0, 0.05) is 28.8 Å². The Hall–Kier alpha value is 0.410. The van der Waals surface area contributed by atoms with Crippen molar-refractivity contribution in [1.82, 2.24) is 0 Å². The first-order valence-corrected chi connectivity index (χ1v) is 4.35. The topological polar surface area (TPSA) is 17.1 Å². The first-order chi connectivity index (χ1) is 4.91. The molecular formula is C9H18OTa. The zero-order chi connectivity index (χ0) is 7.66. The summed E-state index contributed by atoms with van der Waals surface area (Å²) in [5.74, 6) is 0. The second-order valence-corrected chi connectivity index (χ2v) is 2.72. The molecule has 0 amide bonds. The van der Waals surface area contributed by atoms with Crippen molar-refractivity contribution in [2.24, 2.45) is 0 Å². The summed E-state index contributed by atoms with van der Waals surface area (Å²) < 4.78 is 0. The van der Waals surface area contributed by atoms with Crippen LogP contribution in [0.15, 0.2) is 0 Å². The standard InChI is InChI=1S/C9H18O.Ta/c1-2-3-4-5-6-7-8-9-10;/h9H,2-8H2,1H3;. The normalized spacial score (nSPS) is 8.82. The van der Waals surface area contributed by atoms with Gasteiger partial charge in [-0.25, -0.2) is 0 Å². The van der Waals surface area contributed by atoms with Crippen molar-refractivity contribution < 1.29 is 27.2 Å². The molecule has 0 aromatic carbocycles. The monoisotopic (exact) mass is 323 g/mol. The number of aldehydes is 1.